The maximum atomic E-state index is 11.3. The summed E-state index contributed by atoms with van der Waals surface area (Å²) in [6, 6.07) is 5.12. The van der Waals surface area contributed by atoms with Crippen LogP contribution in [0.1, 0.15) is 17.6 Å². The molecule has 1 aromatic carbocycles. The molecular formula is C10H8BNO3. The number of aromatic nitrogens is 1. The van der Waals surface area contributed by atoms with E-state index in [1.807, 2.05) is 0 Å². The van der Waals surface area contributed by atoms with E-state index in [9.17, 15) is 4.79 Å². The third-order valence-corrected chi connectivity index (χ3v) is 1.90. The van der Waals surface area contributed by atoms with E-state index < -0.39 is 5.97 Å². The molecule has 0 amide bonds. The molecule has 0 N–H and O–H groups in total. The fourth-order valence-electron chi connectivity index (χ4n) is 1.25. The van der Waals surface area contributed by atoms with Crippen LogP contribution in [0, 0.1) is 0 Å². The molecule has 0 fully saturated rings. The Labute approximate surface area is 87.6 Å². The summed E-state index contributed by atoms with van der Waals surface area (Å²) in [5, 5.41) is 0. The van der Waals surface area contributed by atoms with Crippen molar-refractivity contribution >= 4 is 30.4 Å². The molecule has 0 aliphatic heterocycles. The van der Waals surface area contributed by atoms with Crippen molar-refractivity contribution in [3.05, 3.63) is 24.1 Å². The first-order valence-electron chi connectivity index (χ1n) is 4.54. The first-order chi connectivity index (χ1) is 7.22. The summed E-state index contributed by atoms with van der Waals surface area (Å²) in [5.41, 5.74) is 1.45. The number of carbonyl (C=O) groups excluding carboxylic acids is 1. The van der Waals surface area contributed by atoms with Gasteiger partial charge in [0.05, 0.1) is 6.61 Å². The molecule has 2 rings (SSSR count). The van der Waals surface area contributed by atoms with E-state index in [1.165, 1.54) is 0 Å². The molecule has 0 bridgehead atoms. The van der Waals surface area contributed by atoms with E-state index in [0.717, 1.165) is 0 Å². The van der Waals surface area contributed by atoms with Crippen LogP contribution in [-0.4, -0.2) is 25.4 Å². The quantitative estimate of drug-likeness (QED) is 0.532. The molecule has 5 heteroatoms. The number of benzene rings is 1. The first-order valence-corrected chi connectivity index (χ1v) is 4.54. The SMILES string of the molecule is [B]c1cccc2oc(C(=O)OCC)nc12. The highest BCUT2D eigenvalue weighted by Crippen LogP contribution is 2.13. The molecule has 0 atom stereocenters. The summed E-state index contributed by atoms with van der Waals surface area (Å²) in [6.45, 7) is 2.00. The zero-order chi connectivity index (χ0) is 10.8. The molecule has 4 nitrogen and oxygen atoms in total. The topological polar surface area (TPSA) is 52.3 Å². The van der Waals surface area contributed by atoms with Gasteiger partial charge in [-0.15, -0.1) is 0 Å². The van der Waals surface area contributed by atoms with Crippen molar-refractivity contribution in [1.29, 1.82) is 0 Å². The van der Waals surface area contributed by atoms with Gasteiger partial charge < -0.3 is 9.15 Å². The highest BCUT2D eigenvalue weighted by molar-refractivity contribution is 6.37. The maximum Gasteiger partial charge on any atom is 0.394 e. The molecule has 1 heterocycles. The van der Waals surface area contributed by atoms with Gasteiger partial charge in [0.2, 0.25) is 0 Å². The van der Waals surface area contributed by atoms with Crippen molar-refractivity contribution in [2.75, 3.05) is 6.61 Å². The van der Waals surface area contributed by atoms with E-state index in [-0.39, 0.29) is 12.5 Å². The standard InChI is InChI=1S/C10H8BNO3/c1-2-14-10(13)9-12-8-6(11)4-3-5-7(8)15-9/h3-5H,2H2,1H3. The number of esters is 1. The van der Waals surface area contributed by atoms with E-state index in [1.54, 1.807) is 25.1 Å². The molecule has 0 spiro atoms. The van der Waals surface area contributed by atoms with Crippen LogP contribution >= 0.6 is 0 Å². The second-order valence-electron chi connectivity index (χ2n) is 2.93. The fourth-order valence-corrected chi connectivity index (χ4v) is 1.25. The van der Waals surface area contributed by atoms with Gasteiger partial charge >= 0.3 is 11.9 Å². The number of ether oxygens (including phenoxy) is 1. The first kappa shape index (κ1) is 9.77. The molecular weight excluding hydrogens is 193 g/mol. The summed E-state index contributed by atoms with van der Waals surface area (Å²) >= 11 is 0. The highest BCUT2D eigenvalue weighted by Gasteiger charge is 2.15. The fraction of sp³-hybridized carbons (Fsp3) is 0.200. The molecule has 0 aliphatic rings. The van der Waals surface area contributed by atoms with Crippen LogP contribution in [0.15, 0.2) is 22.6 Å². The number of carbonyl (C=O) groups is 1. The van der Waals surface area contributed by atoms with Gasteiger partial charge in [0.15, 0.2) is 5.58 Å². The van der Waals surface area contributed by atoms with Crippen molar-refractivity contribution in [3.63, 3.8) is 0 Å². The second-order valence-corrected chi connectivity index (χ2v) is 2.93. The number of rotatable bonds is 2. The Morgan fingerprint density at radius 1 is 1.60 bits per heavy atom. The summed E-state index contributed by atoms with van der Waals surface area (Å²) < 4.78 is 9.96. The van der Waals surface area contributed by atoms with Crippen LogP contribution in [-0.2, 0) is 4.74 Å². The smallest absolute Gasteiger partial charge is 0.394 e. The van der Waals surface area contributed by atoms with Crippen molar-refractivity contribution in [3.8, 4) is 0 Å². The van der Waals surface area contributed by atoms with Gasteiger partial charge in [-0.3, -0.25) is 0 Å². The molecule has 15 heavy (non-hydrogen) atoms. The Hall–Kier alpha value is -1.78. The number of nitrogens with zero attached hydrogens (tertiary/aromatic N) is 1. The Balaban J connectivity index is 2.47. The lowest BCUT2D eigenvalue weighted by molar-refractivity contribution is 0.0483. The summed E-state index contributed by atoms with van der Waals surface area (Å²) in [6.07, 6.45) is 0. The van der Waals surface area contributed by atoms with Crippen LogP contribution in [0.4, 0.5) is 0 Å². The van der Waals surface area contributed by atoms with Crippen molar-refractivity contribution in [2.45, 2.75) is 6.92 Å². The minimum Gasteiger partial charge on any atom is -0.459 e. The second kappa shape index (κ2) is 3.77. The van der Waals surface area contributed by atoms with E-state index in [0.29, 0.717) is 16.6 Å². The monoisotopic (exact) mass is 201 g/mol. The average molecular weight is 201 g/mol. The molecule has 0 saturated heterocycles. The van der Waals surface area contributed by atoms with Gasteiger partial charge in [-0.05, 0) is 13.0 Å². The predicted octanol–water partition coefficient (Wildman–Crippen LogP) is 0.798. The number of fused-ring (bicyclic) bond motifs is 1. The van der Waals surface area contributed by atoms with Gasteiger partial charge in [-0.25, -0.2) is 9.78 Å². The van der Waals surface area contributed by atoms with Crippen LogP contribution in [0.25, 0.3) is 11.1 Å². The van der Waals surface area contributed by atoms with Crippen LogP contribution in [0.2, 0.25) is 0 Å². The normalized spacial score (nSPS) is 10.5. The van der Waals surface area contributed by atoms with Gasteiger partial charge in [-0.1, -0.05) is 17.6 Å². The molecule has 2 radical (unpaired) electrons. The average Bonchev–Trinajstić information content (AvgIpc) is 2.63. The molecule has 0 saturated carbocycles. The summed E-state index contributed by atoms with van der Waals surface area (Å²) in [7, 11) is 5.67. The molecule has 1 aromatic heterocycles. The van der Waals surface area contributed by atoms with Crippen LogP contribution in [0.5, 0.6) is 0 Å². The summed E-state index contributed by atoms with van der Waals surface area (Å²) in [5.74, 6) is -0.641. The number of hydrogen-bond donors (Lipinski definition) is 0. The van der Waals surface area contributed by atoms with E-state index >= 15 is 0 Å². The van der Waals surface area contributed by atoms with Crippen molar-refractivity contribution in [1.82, 2.24) is 4.98 Å². The van der Waals surface area contributed by atoms with Gasteiger partial charge in [0.25, 0.3) is 0 Å². The Morgan fingerprint density at radius 2 is 2.40 bits per heavy atom. The van der Waals surface area contributed by atoms with Gasteiger partial charge in [0, 0.05) is 0 Å². The maximum absolute atomic E-state index is 11.3. The third kappa shape index (κ3) is 1.72. The Kier molecular flexibility index (Phi) is 2.45. The number of para-hydroxylation sites is 1. The lowest BCUT2D eigenvalue weighted by Crippen LogP contribution is -2.06. The lowest BCUT2D eigenvalue weighted by Gasteiger charge is -1.94. The van der Waals surface area contributed by atoms with E-state index in [2.05, 4.69) is 4.98 Å². The minimum absolute atomic E-state index is 0.0650. The number of hydrogen-bond acceptors (Lipinski definition) is 4. The van der Waals surface area contributed by atoms with E-state index in [4.69, 9.17) is 17.0 Å². The minimum atomic E-state index is -0.576. The molecule has 74 valence electrons. The number of oxazole rings is 1. The van der Waals surface area contributed by atoms with Gasteiger partial charge in [-0.2, -0.15) is 0 Å². The lowest BCUT2D eigenvalue weighted by atomic mass is 9.95. The zero-order valence-corrected chi connectivity index (χ0v) is 8.19. The Bertz CT molecular complexity index is 506. The molecule has 0 aliphatic carbocycles. The van der Waals surface area contributed by atoms with Crippen molar-refractivity contribution < 1.29 is 13.9 Å². The molecule has 0 unspecified atom stereocenters. The predicted molar refractivity (Wildman–Crippen MR) is 55.4 cm³/mol. The largest absolute Gasteiger partial charge is 0.459 e. The highest BCUT2D eigenvalue weighted by atomic mass is 16.5. The summed E-state index contributed by atoms with van der Waals surface area (Å²) in [4.78, 5) is 15.3. The zero-order valence-electron chi connectivity index (χ0n) is 8.19. The Morgan fingerprint density at radius 3 is 3.07 bits per heavy atom. The van der Waals surface area contributed by atoms with Crippen molar-refractivity contribution in [2.24, 2.45) is 0 Å². The third-order valence-electron chi connectivity index (χ3n) is 1.90. The van der Waals surface area contributed by atoms with Crippen LogP contribution < -0.4 is 5.46 Å². The molecule has 2 aromatic rings. The van der Waals surface area contributed by atoms with Gasteiger partial charge in [0.1, 0.15) is 13.4 Å². The van der Waals surface area contributed by atoms with Crippen LogP contribution in [0.3, 0.4) is 0 Å².